The van der Waals surface area contributed by atoms with Crippen molar-refractivity contribution in [3.8, 4) is 27.9 Å². The van der Waals surface area contributed by atoms with Gasteiger partial charge in [0.1, 0.15) is 0 Å². The number of hydrogen-bond acceptors (Lipinski definition) is 1. The van der Waals surface area contributed by atoms with E-state index < -0.39 is 5.97 Å². The largest absolute Gasteiger partial charge is 1.00 e. The summed E-state index contributed by atoms with van der Waals surface area (Å²) in [7, 11) is 0. The van der Waals surface area contributed by atoms with Crippen molar-refractivity contribution in [2.75, 3.05) is 0 Å². The summed E-state index contributed by atoms with van der Waals surface area (Å²) in [6, 6.07) is 30.9. The molecule has 0 fully saturated rings. The molecule has 0 saturated heterocycles. The van der Waals surface area contributed by atoms with Gasteiger partial charge < -0.3 is 29.9 Å². The first-order chi connectivity index (χ1) is 17.1. The molecule has 4 nitrogen and oxygen atoms in total. The lowest BCUT2D eigenvalue weighted by molar-refractivity contribution is -0.688. The molecule has 0 amide bonds. The van der Waals surface area contributed by atoms with Crippen molar-refractivity contribution in [2.45, 2.75) is 27.8 Å². The smallest absolute Gasteiger partial charge is 0.335 e. The van der Waals surface area contributed by atoms with E-state index in [1.807, 2.05) is 12.1 Å². The van der Waals surface area contributed by atoms with Crippen molar-refractivity contribution < 1.29 is 43.8 Å². The maximum atomic E-state index is 11.0. The van der Waals surface area contributed by atoms with Crippen molar-refractivity contribution in [1.29, 1.82) is 0 Å². The highest BCUT2D eigenvalue weighted by atomic mass is 35.5. The van der Waals surface area contributed by atoms with Gasteiger partial charge in [0, 0.05) is 42.0 Å². The first kappa shape index (κ1) is 31.2. The minimum atomic E-state index is -0.903. The average molecular weight is 560 g/mol. The summed E-state index contributed by atoms with van der Waals surface area (Å²) in [6.07, 6.45) is 9.33. The van der Waals surface area contributed by atoms with E-state index in [-0.39, 0.29) is 39.7 Å². The minimum Gasteiger partial charge on any atom is -1.00 e. The first-order valence-electron chi connectivity index (χ1n) is 11.7. The summed E-state index contributed by atoms with van der Waals surface area (Å²) in [5, 5.41) is 9.05. The van der Waals surface area contributed by atoms with Crippen LogP contribution in [0.2, 0.25) is 0 Å². The molecular formula is C33H32Cl2N2O2. The van der Waals surface area contributed by atoms with E-state index in [9.17, 15) is 4.79 Å². The third-order valence-corrected chi connectivity index (χ3v) is 6.70. The van der Waals surface area contributed by atoms with Gasteiger partial charge in [0.25, 0.3) is 0 Å². The van der Waals surface area contributed by atoms with Crippen LogP contribution in [0.15, 0.2) is 116 Å². The van der Waals surface area contributed by atoms with Gasteiger partial charge in [-0.2, -0.15) is 4.57 Å². The molecule has 0 radical (unpaired) electrons. The normalized spacial score (nSPS) is 10.5. The SMILES string of the molecule is C.C.O=C(O)c1ccc(C[n+]2ccc(-c3cc[n+](-c4ccc5c(c4)Cc4ccccc4-5)cc3)cc2)cc1.[Cl-].[Cl-]. The second-order valence-corrected chi connectivity index (χ2v) is 8.93. The van der Waals surface area contributed by atoms with Gasteiger partial charge in [-0.25, -0.2) is 9.36 Å². The molecule has 0 atom stereocenters. The molecule has 6 heteroatoms. The monoisotopic (exact) mass is 558 g/mol. The zero-order valence-electron chi connectivity index (χ0n) is 19.9. The number of carboxylic acid groups (broad SMARTS) is 1. The van der Waals surface area contributed by atoms with Crippen molar-refractivity contribution in [1.82, 2.24) is 0 Å². The van der Waals surface area contributed by atoms with Crippen LogP contribution >= 0.6 is 0 Å². The van der Waals surface area contributed by atoms with Gasteiger partial charge in [0.2, 0.25) is 5.69 Å². The zero-order valence-corrected chi connectivity index (χ0v) is 21.4. The fourth-order valence-electron chi connectivity index (χ4n) is 4.80. The molecule has 1 aliphatic carbocycles. The van der Waals surface area contributed by atoms with Crippen LogP contribution in [0, 0.1) is 0 Å². The highest BCUT2D eigenvalue weighted by Gasteiger charge is 2.20. The van der Waals surface area contributed by atoms with Gasteiger partial charge in [-0.3, -0.25) is 0 Å². The van der Waals surface area contributed by atoms with Gasteiger partial charge in [-0.05, 0) is 58.0 Å². The molecule has 0 bridgehead atoms. The molecule has 200 valence electrons. The number of fused-ring (bicyclic) bond motifs is 3. The van der Waals surface area contributed by atoms with Crippen LogP contribution in [-0.2, 0) is 13.0 Å². The van der Waals surface area contributed by atoms with Crippen molar-refractivity contribution in [2.24, 2.45) is 0 Å². The van der Waals surface area contributed by atoms with Crippen LogP contribution in [0.3, 0.4) is 0 Å². The van der Waals surface area contributed by atoms with Crippen LogP contribution in [0.1, 0.15) is 41.9 Å². The number of carbonyl (C=O) groups is 1. The predicted octanol–water partition coefficient (Wildman–Crippen LogP) is 0.516. The fraction of sp³-hybridized carbons (Fsp3) is 0.121. The Bertz CT molecular complexity index is 1550. The fourth-order valence-corrected chi connectivity index (χ4v) is 4.80. The average Bonchev–Trinajstić information content (AvgIpc) is 3.27. The summed E-state index contributed by atoms with van der Waals surface area (Å²) in [5.41, 5.74) is 10.3. The second kappa shape index (κ2) is 13.2. The van der Waals surface area contributed by atoms with E-state index in [0.717, 1.165) is 23.1 Å². The molecule has 0 aliphatic heterocycles. The van der Waals surface area contributed by atoms with Gasteiger partial charge >= 0.3 is 5.97 Å². The van der Waals surface area contributed by atoms with Crippen LogP contribution in [-0.4, -0.2) is 11.1 Å². The van der Waals surface area contributed by atoms with E-state index in [2.05, 4.69) is 101 Å². The maximum Gasteiger partial charge on any atom is 0.335 e. The number of hydrogen-bond donors (Lipinski definition) is 1. The Morgan fingerprint density at radius 2 is 1.28 bits per heavy atom. The third kappa shape index (κ3) is 6.36. The lowest BCUT2D eigenvalue weighted by Crippen LogP contribution is -3.00. The summed E-state index contributed by atoms with van der Waals surface area (Å²) in [5.74, 6) is -0.903. The van der Waals surface area contributed by atoms with Crippen LogP contribution in [0.25, 0.3) is 27.9 Å². The molecule has 3 aromatic carbocycles. The number of carboxylic acids is 1. The molecule has 2 heterocycles. The number of nitrogens with zero attached hydrogens (tertiary/aromatic N) is 2. The third-order valence-electron chi connectivity index (χ3n) is 6.70. The van der Waals surface area contributed by atoms with E-state index >= 15 is 0 Å². The Labute approximate surface area is 243 Å². The number of rotatable bonds is 5. The van der Waals surface area contributed by atoms with E-state index in [1.165, 1.54) is 27.9 Å². The van der Waals surface area contributed by atoms with E-state index in [4.69, 9.17) is 5.11 Å². The quantitative estimate of drug-likeness (QED) is 0.313. The predicted molar refractivity (Wildman–Crippen MR) is 148 cm³/mol. The summed E-state index contributed by atoms with van der Waals surface area (Å²) < 4.78 is 4.25. The number of aromatic nitrogens is 2. The standard InChI is InChI=1S/C31H23N2O2.2CH4.2ClH/c34-31(35)25-7-5-22(6-8-25)21-32-15-11-23(12-16-32)24-13-17-33(18-14-24)28-9-10-30-27(20-28)19-26-3-1-2-4-29(26)30;;;;/h1-18,20H,19,21H2;2*1H4;2*1H/q+1;;;;/p-1. The van der Waals surface area contributed by atoms with E-state index in [1.54, 1.807) is 12.1 Å². The molecule has 5 aromatic rings. The lowest BCUT2D eigenvalue weighted by atomic mass is 10.1. The van der Waals surface area contributed by atoms with Crippen molar-refractivity contribution in [3.05, 3.63) is 138 Å². The molecular weight excluding hydrogens is 527 g/mol. The minimum absolute atomic E-state index is 0. The van der Waals surface area contributed by atoms with Crippen LogP contribution in [0.4, 0.5) is 0 Å². The Morgan fingerprint density at radius 3 is 1.92 bits per heavy atom. The second-order valence-electron chi connectivity index (χ2n) is 8.93. The van der Waals surface area contributed by atoms with Gasteiger partial charge in [0.05, 0.1) is 5.56 Å². The molecule has 6 rings (SSSR count). The molecule has 0 unspecified atom stereocenters. The van der Waals surface area contributed by atoms with Crippen molar-refractivity contribution in [3.63, 3.8) is 0 Å². The summed E-state index contributed by atoms with van der Waals surface area (Å²) in [6.45, 7) is 0.692. The van der Waals surface area contributed by atoms with E-state index in [0.29, 0.717) is 12.1 Å². The zero-order chi connectivity index (χ0) is 23.8. The number of halogens is 2. The first-order valence-corrected chi connectivity index (χ1v) is 11.7. The summed E-state index contributed by atoms with van der Waals surface area (Å²) >= 11 is 0. The lowest BCUT2D eigenvalue weighted by Gasteiger charge is -2.04. The maximum absolute atomic E-state index is 11.0. The Kier molecular flexibility index (Phi) is 10.6. The molecule has 1 aliphatic rings. The molecule has 1 N–H and O–H groups in total. The molecule has 2 aromatic heterocycles. The highest BCUT2D eigenvalue weighted by Crippen LogP contribution is 2.36. The molecule has 39 heavy (non-hydrogen) atoms. The molecule has 0 saturated carbocycles. The highest BCUT2D eigenvalue weighted by molar-refractivity contribution is 5.87. The van der Waals surface area contributed by atoms with Gasteiger partial charge in [0.15, 0.2) is 31.3 Å². The van der Waals surface area contributed by atoms with Crippen LogP contribution in [0.5, 0.6) is 0 Å². The Morgan fingerprint density at radius 1 is 0.692 bits per heavy atom. The Balaban J connectivity index is 0.00000133. The van der Waals surface area contributed by atoms with Crippen molar-refractivity contribution >= 4 is 5.97 Å². The number of aromatic carboxylic acids is 1. The molecule has 0 spiro atoms. The number of pyridine rings is 2. The number of benzene rings is 3. The topological polar surface area (TPSA) is 45.1 Å². The Hall–Kier alpha value is -3.99. The summed E-state index contributed by atoms with van der Waals surface area (Å²) in [4.78, 5) is 11.0. The van der Waals surface area contributed by atoms with Gasteiger partial charge in [-0.15, -0.1) is 0 Å². The van der Waals surface area contributed by atoms with Crippen LogP contribution < -0.4 is 33.9 Å². The van der Waals surface area contributed by atoms with Gasteiger partial charge in [-0.1, -0.05) is 51.3 Å².